The first kappa shape index (κ1) is 30.8. The topological polar surface area (TPSA) is 46.6 Å². The van der Waals surface area contributed by atoms with Gasteiger partial charge in [-0.2, -0.15) is 0 Å². The maximum atomic E-state index is 13.1. The van der Waals surface area contributed by atoms with E-state index in [0.717, 1.165) is 44.1 Å². The summed E-state index contributed by atoms with van der Waals surface area (Å²) in [6.45, 7) is 6.02. The van der Waals surface area contributed by atoms with Gasteiger partial charge in [0, 0.05) is 5.92 Å². The molecule has 0 N–H and O–H groups in total. The van der Waals surface area contributed by atoms with Crippen molar-refractivity contribution in [3.63, 3.8) is 0 Å². The summed E-state index contributed by atoms with van der Waals surface area (Å²) in [6, 6.07) is 9.28. The number of carbonyl (C=O) groups excluding carboxylic acids is 2. The molecule has 38 heavy (non-hydrogen) atoms. The zero-order valence-electron chi connectivity index (χ0n) is 23.4. The van der Waals surface area contributed by atoms with Gasteiger partial charge < -0.3 is 4.74 Å². The quantitative estimate of drug-likeness (QED) is 0.206. The van der Waals surface area contributed by atoms with Gasteiger partial charge in [-0.05, 0) is 63.9 Å². The van der Waals surface area contributed by atoms with E-state index in [9.17, 15) is 9.59 Å². The minimum absolute atomic E-state index is 0.150. The third kappa shape index (κ3) is 10.9. The molecule has 0 aliphatic carbocycles. The lowest BCUT2D eigenvalue weighted by molar-refractivity contribution is -0.133. The van der Waals surface area contributed by atoms with Crippen molar-refractivity contribution in [3.8, 4) is 0 Å². The summed E-state index contributed by atoms with van der Waals surface area (Å²) in [6.07, 6.45) is 32.1. The predicted molar refractivity (Wildman–Crippen MR) is 159 cm³/mol. The van der Waals surface area contributed by atoms with Crippen molar-refractivity contribution in [2.75, 3.05) is 0 Å². The van der Waals surface area contributed by atoms with Crippen LogP contribution in [0.25, 0.3) is 0 Å². The minimum Gasteiger partial charge on any atom is -0.439 e. The van der Waals surface area contributed by atoms with Gasteiger partial charge in [0.15, 0.2) is 0 Å². The highest BCUT2D eigenvalue weighted by Gasteiger charge is 2.44. The molecule has 1 aromatic carbocycles. The third-order valence-corrected chi connectivity index (χ3v) is 6.49. The Morgan fingerprint density at radius 1 is 0.789 bits per heavy atom. The number of nitrogens with zero attached hydrogens (tertiary/aromatic N) is 1. The monoisotopic (exact) mass is 515 g/mol. The number of benzene rings is 1. The SMILES string of the molecule is CCC=CCC=CCC=CCC=CCC=CCC=CC[C@@H](CC)C(=O)N1C(=O)O[C@H](c2ccccc2)[C@@H]1C. The molecule has 0 unspecified atom stereocenters. The lowest BCUT2D eigenvalue weighted by Gasteiger charge is -2.23. The van der Waals surface area contributed by atoms with Gasteiger partial charge in [0.05, 0.1) is 6.04 Å². The van der Waals surface area contributed by atoms with E-state index in [-0.39, 0.29) is 17.9 Å². The number of hydrogen-bond acceptors (Lipinski definition) is 3. The van der Waals surface area contributed by atoms with Crippen molar-refractivity contribution < 1.29 is 14.3 Å². The largest absolute Gasteiger partial charge is 0.439 e. The highest BCUT2D eigenvalue weighted by molar-refractivity contribution is 5.95. The molecule has 1 fully saturated rings. The molecule has 1 aromatic rings. The molecule has 1 aliphatic heterocycles. The van der Waals surface area contributed by atoms with Crippen LogP contribution in [0, 0.1) is 5.92 Å². The van der Waals surface area contributed by atoms with Crippen LogP contribution in [0.5, 0.6) is 0 Å². The van der Waals surface area contributed by atoms with Crippen molar-refractivity contribution in [1.82, 2.24) is 4.90 Å². The zero-order chi connectivity index (χ0) is 27.4. The maximum absolute atomic E-state index is 13.1. The molecule has 2 rings (SSSR count). The lowest BCUT2D eigenvalue weighted by atomic mass is 9.98. The lowest BCUT2D eigenvalue weighted by Crippen LogP contribution is -2.41. The van der Waals surface area contributed by atoms with E-state index < -0.39 is 12.2 Å². The van der Waals surface area contributed by atoms with Crippen LogP contribution in [-0.2, 0) is 9.53 Å². The molecule has 1 aliphatic rings. The minimum atomic E-state index is -0.544. The van der Waals surface area contributed by atoms with Crippen LogP contribution in [0.3, 0.4) is 0 Å². The second-order valence-electron chi connectivity index (χ2n) is 9.42. The fourth-order valence-corrected chi connectivity index (χ4v) is 4.27. The summed E-state index contributed by atoms with van der Waals surface area (Å²) in [5.74, 6) is -0.382. The first-order valence-electron chi connectivity index (χ1n) is 14.1. The normalized spacial score (nSPS) is 19.3. The standard InChI is InChI=1S/C34H45NO3/c1-4-6-7-8-9-10-11-12-13-14-15-16-17-18-19-20-21-23-26-30(5-2)33(36)35-29(3)32(38-34(35)37)31-27-24-22-25-28-31/h6-7,9-10,12-13,15-16,18-19,21-25,27-30,32H,4-5,8,11,14,17,20,26H2,1-3H3/t29-,30+,32-/m0/s1. The number of rotatable bonds is 16. The second kappa shape index (κ2) is 18.8. The van der Waals surface area contributed by atoms with Crippen molar-refractivity contribution in [3.05, 3.63) is 109 Å². The molecule has 4 heteroatoms. The number of carbonyl (C=O) groups is 2. The van der Waals surface area contributed by atoms with Crippen LogP contribution < -0.4 is 0 Å². The highest BCUT2D eigenvalue weighted by Crippen LogP contribution is 2.34. The van der Waals surface area contributed by atoms with Crippen LogP contribution in [-0.4, -0.2) is 22.9 Å². The Labute approximate surface area is 230 Å². The molecule has 0 spiro atoms. The van der Waals surface area contributed by atoms with E-state index in [0.29, 0.717) is 12.8 Å². The first-order valence-corrected chi connectivity index (χ1v) is 14.1. The van der Waals surface area contributed by atoms with Crippen LogP contribution in [0.1, 0.15) is 83.8 Å². The van der Waals surface area contributed by atoms with E-state index in [1.807, 2.05) is 50.3 Å². The summed E-state index contributed by atoms with van der Waals surface area (Å²) in [7, 11) is 0. The van der Waals surface area contributed by atoms with E-state index >= 15 is 0 Å². The van der Waals surface area contributed by atoms with E-state index in [1.54, 1.807) is 0 Å². The summed E-state index contributed by atoms with van der Waals surface area (Å²) in [5.41, 5.74) is 0.911. The van der Waals surface area contributed by atoms with Gasteiger partial charge in [0.2, 0.25) is 5.91 Å². The fraction of sp³-hybridized carbons (Fsp3) is 0.412. The van der Waals surface area contributed by atoms with Crippen molar-refractivity contribution in [2.24, 2.45) is 5.92 Å². The smallest absolute Gasteiger partial charge is 0.417 e. The Kier molecular flexibility index (Phi) is 15.2. The molecule has 0 radical (unpaired) electrons. The maximum Gasteiger partial charge on any atom is 0.417 e. The summed E-state index contributed by atoms with van der Waals surface area (Å²) < 4.78 is 5.56. The van der Waals surface area contributed by atoms with E-state index in [4.69, 9.17) is 4.74 Å². The molecular weight excluding hydrogens is 470 g/mol. The average molecular weight is 516 g/mol. The molecule has 204 valence electrons. The van der Waals surface area contributed by atoms with Crippen LogP contribution in [0.2, 0.25) is 0 Å². The van der Waals surface area contributed by atoms with Gasteiger partial charge in [-0.25, -0.2) is 9.69 Å². The summed E-state index contributed by atoms with van der Waals surface area (Å²) in [4.78, 5) is 27.0. The van der Waals surface area contributed by atoms with Crippen molar-refractivity contribution in [1.29, 1.82) is 0 Å². The second-order valence-corrected chi connectivity index (χ2v) is 9.42. The van der Waals surface area contributed by atoms with Crippen molar-refractivity contribution >= 4 is 12.0 Å². The highest BCUT2D eigenvalue weighted by atomic mass is 16.6. The molecule has 0 saturated carbocycles. The molecule has 1 heterocycles. The Bertz CT molecular complexity index is 1000. The predicted octanol–water partition coefficient (Wildman–Crippen LogP) is 9.21. The molecule has 0 aromatic heterocycles. The van der Waals surface area contributed by atoms with E-state index in [2.05, 4.69) is 73.8 Å². The summed E-state index contributed by atoms with van der Waals surface area (Å²) >= 11 is 0. The molecule has 4 nitrogen and oxygen atoms in total. The molecular formula is C34H45NO3. The number of amides is 2. The van der Waals surface area contributed by atoms with Crippen molar-refractivity contribution in [2.45, 2.75) is 84.3 Å². The Morgan fingerprint density at radius 2 is 1.26 bits per heavy atom. The molecule has 3 atom stereocenters. The Morgan fingerprint density at radius 3 is 1.74 bits per heavy atom. The Balaban J connectivity index is 1.66. The molecule has 2 amide bonds. The molecule has 1 saturated heterocycles. The van der Waals surface area contributed by atoms with Gasteiger partial charge >= 0.3 is 6.09 Å². The van der Waals surface area contributed by atoms with Crippen LogP contribution in [0.15, 0.2) is 103 Å². The Hall–Kier alpha value is -3.40. The van der Waals surface area contributed by atoms with Crippen LogP contribution >= 0.6 is 0 Å². The summed E-state index contributed by atoms with van der Waals surface area (Å²) in [5, 5.41) is 0. The van der Waals surface area contributed by atoms with Gasteiger partial charge in [0.1, 0.15) is 6.10 Å². The third-order valence-electron chi connectivity index (χ3n) is 6.49. The van der Waals surface area contributed by atoms with Gasteiger partial charge in [0.25, 0.3) is 0 Å². The number of hydrogen-bond donors (Lipinski definition) is 0. The van der Waals surface area contributed by atoms with Gasteiger partial charge in [-0.1, -0.05) is 117 Å². The van der Waals surface area contributed by atoms with Gasteiger partial charge in [-0.3, -0.25) is 4.79 Å². The first-order chi connectivity index (χ1) is 18.6. The number of cyclic esters (lactones) is 1. The molecule has 0 bridgehead atoms. The van der Waals surface area contributed by atoms with Crippen LogP contribution in [0.4, 0.5) is 4.79 Å². The average Bonchev–Trinajstić information content (AvgIpc) is 3.23. The fourth-order valence-electron chi connectivity index (χ4n) is 4.27. The van der Waals surface area contributed by atoms with Gasteiger partial charge in [-0.15, -0.1) is 0 Å². The number of ether oxygens (including phenoxy) is 1. The zero-order valence-corrected chi connectivity index (χ0v) is 23.4. The number of imide groups is 1. The number of allylic oxidation sites excluding steroid dienone is 12. The van der Waals surface area contributed by atoms with E-state index in [1.165, 1.54) is 4.90 Å².